The van der Waals surface area contributed by atoms with Crippen molar-refractivity contribution in [3.8, 4) is 5.75 Å². The molecule has 180 valence electrons. The van der Waals surface area contributed by atoms with E-state index in [0.29, 0.717) is 37.4 Å². The van der Waals surface area contributed by atoms with Crippen molar-refractivity contribution in [3.63, 3.8) is 0 Å². The number of nitrogens with zero attached hydrogens (tertiary/aromatic N) is 1. The van der Waals surface area contributed by atoms with Crippen LogP contribution in [-0.4, -0.2) is 48.7 Å². The Labute approximate surface area is 197 Å². The van der Waals surface area contributed by atoms with Gasteiger partial charge in [0, 0.05) is 19.0 Å². The highest BCUT2D eigenvalue weighted by molar-refractivity contribution is 5.81. The van der Waals surface area contributed by atoms with Crippen LogP contribution < -0.4 is 10.1 Å². The standard InChI is InChI=1S/C27H38N2O4/c1-5-32-22-7-6-20(25(2,3)4)12-21(22)18-13-26(14-18)8-10-29(11-9-26)23(30)19-15-27(16-19)17-33-24(31)28-27/h6-7,12,18-19H,5,8-11,13-17H2,1-4H3,(H,28,31). The minimum atomic E-state index is -0.346. The Balaban J connectivity index is 1.17. The van der Waals surface area contributed by atoms with Crippen LogP contribution >= 0.6 is 0 Å². The van der Waals surface area contributed by atoms with Gasteiger partial charge in [-0.25, -0.2) is 4.79 Å². The molecule has 0 bridgehead atoms. The number of hydrogen-bond donors (Lipinski definition) is 1. The van der Waals surface area contributed by atoms with Crippen LogP contribution in [0.15, 0.2) is 18.2 Å². The van der Waals surface area contributed by atoms with E-state index in [2.05, 4.69) is 49.2 Å². The van der Waals surface area contributed by atoms with Crippen LogP contribution in [0.3, 0.4) is 0 Å². The van der Waals surface area contributed by atoms with Gasteiger partial charge in [-0.2, -0.15) is 0 Å². The molecule has 4 fully saturated rings. The fraction of sp³-hybridized carbons (Fsp3) is 0.704. The highest BCUT2D eigenvalue weighted by Crippen LogP contribution is 2.58. The Morgan fingerprint density at radius 1 is 1.18 bits per heavy atom. The fourth-order valence-corrected chi connectivity index (χ4v) is 6.46. The van der Waals surface area contributed by atoms with Gasteiger partial charge in [0.15, 0.2) is 0 Å². The highest BCUT2D eigenvalue weighted by Gasteiger charge is 2.54. The molecular formula is C27H38N2O4. The number of carbonyl (C=O) groups excluding carboxylic acids is 2. The molecule has 5 rings (SSSR count). The Bertz CT molecular complexity index is 928. The number of amides is 2. The SMILES string of the molecule is CCOc1ccc(C(C)(C)C)cc1C1CC2(CCN(C(=O)C3CC4(COC(=O)N4)C3)CC2)C1. The summed E-state index contributed by atoms with van der Waals surface area (Å²) < 4.78 is 11.0. The summed E-state index contributed by atoms with van der Waals surface area (Å²) in [6.45, 7) is 11.6. The molecule has 1 aromatic carbocycles. The lowest BCUT2D eigenvalue weighted by Gasteiger charge is -2.53. The summed E-state index contributed by atoms with van der Waals surface area (Å²) in [5, 5.41) is 2.89. The number of nitrogens with one attached hydrogen (secondary N) is 1. The zero-order valence-electron chi connectivity index (χ0n) is 20.5. The minimum Gasteiger partial charge on any atom is -0.494 e. The monoisotopic (exact) mass is 454 g/mol. The van der Waals surface area contributed by atoms with Gasteiger partial charge in [-0.1, -0.05) is 32.9 Å². The predicted molar refractivity (Wildman–Crippen MR) is 126 cm³/mol. The second-order valence-electron chi connectivity index (χ2n) is 12.0. The van der Waals surface area contributed by atoms with E-state index in [1.165, 1.54) is 24.0 Å². The number of piperidine rings is 1. The molecule has 0 aromatic heterocycles. The van der Waals surface area contributed by atoms with Crippen LogP contribution in [0, 0.1) is 11.3 Å². The summed E-state index contributed by atoms with van der Waals surface area (Å²) in [4.78, 5) is 26.4. The van der Waals surface area contributed by atoms with Crippen molar-refractivity contribution < 1.29 is 19.1 Å². The largest absolute Gasteiger partial charge is 0.494 e. The first-order chi connectivity index (χ1) is 15.6. The summed E-state index contributed by atoms with van der Waals surface area (Å²) >= 11 is 0. The van der Waals surface area contributed by atoms with Crippen LogP contribution in [0.1, 0.15) is 83.3 Å². The molecule has 2 aliphatic heterocycles. The maximum absolute atomic E-state index is 13.0. The molecule has 0 atom stereocenters. The molecule has 2 heterocycles. The molecule has 6 heteroatoms. The van der Waals surface area contributed by atoms with E-state index in [-0.39, 0.29) is 28.9 Å². The van der Waals surface area contributed by atoms with E-state index in [9.17, 15) is 9.59 Å². The number of alkyl carbamates (subject to hydrolysis) is 1. The third-order valence-corrected chi connectivity index (χ3v) is 8.58. The number of cyclic esters (lactones) is 1. The molecule has 2 amide bonds. The Morgan fingerprint density at radius 2 is 1.88 bits per heavy atom. The average molecular weight is 455 g/mol. The molecule has 0 radical (unpaired) electrons. The third-order valence-electron chi connectivity index (χ3n) is 8.58. The van der Waals surface area contributed by atoms with E-state index < -0.39 is 0 Å². The van der Waals surface area contributed by atoms with Crippen LogP contribution in [-0.2, 0) is 14.9 Å². The molecular weight excluding hydrogens is 416 g/mol. The van der Waals surface area contributed by atoms with Gasteiger partial charge in [-0.3, -0.25) is 4.79 Å². The third kappa shape index (κ3) is 4.10. The van der Waals surface area contributed by atoms with Crippen molar-refractivity contribution in [2.24, 2.45) is 11.3 Å². The van der Waals surface area contributed by atoms with Crippen LogP contribution in [0.5, 0.6) is 5.75 Å². The number of hydrogen-bond acceptors (Lipinski definition) is 4. The van der Waals surface area contributed by atoms with Crippen molar-refractivity contribution in [2.45, 2.75) is 83.1 Å². The molecule has 6 nitrogen and oxygen atoms in total. The summed E-state index contributed by atoms with van der Waals surface area (Å²) in [6, 6.07) is 6.74. The van der Waals surface area contributed by atoms with Crippen molar-refractivity contribution in [2.75, 3.05) is 26.3 Å². The first kappa shape index (κ1) is 22.5. The van der Waals surface area contributed by atoms with Crippen LogP contribution in [0.2, 0.25) is 0 Å². The molecule has 2 spiro atoms. The van der Waals surface area contributed by atoms with E-state index in [1.807, 2.05) is 6.92 Å². The van der Waals surface area contributed by atoms with E-state index in [0.717, 1.165) is 31.7 Å². The summed E-state index contributed by atoms with van der Waals surface area (Å²) in [6.07, 6.45) is 5.65. The zero-order chi connectivity index (χ0) is 23.4. The van der Waals surface area contributed by atoms with Gasteiger partial charge in [0.05, 0.1) is 12.1 Å². The molecule has 33 heavy (non-hydrogen) atoms. The average Bonchev–Trinajstić information content (AvgIpc) is 3.12. The fourth-order valence-electron chi connectivity index (χ4n) is 6.46. The number of carbonyl (C=O) groups is 2. The van der Waals surface area contributed by atoms with Crippen molar-refractivity contribution in [1.29, 1.82) is 0 Å². The van der Waals surface area contributed by atoms with Crippen LogP contribution in [0.4, 0.5) is 4.79 Å². The van der Waals surface area contributed by atoms with E-state index in [1.54, 1.807) is 0 Å². The first-order valence-electron chi connectivity index (χ1n) is 12.6. The Morgan fingerprint density at radius 3 is 2.45 bits per heavy atom. The van der Waals surface area contributed by atoms with Crippen LogP contribution in [0.25, 0.3) is 0 Å². The topological polar surface area (TPSA) is 67.9 Å². The molecule has 0 unspecified atom stereocenters. The maximum Gasteiger partial charge on any atom is 0.407 e. The van der Waals surface area contributed by atoms with Gasteiger partial charge < -0.3 is 19.7 Å². The number of benzene rings is 1. The summed E-state index contributed by atoms with van der Waals surface area (Å²) in [5.41, 5.74) is 2.95. The van der Waals surface area contributed by atoms with Gasteiger partial charge in [0.25, 0.3) is 0 Å². The Kier molecular flexibility index (Phi) is 5.41. The molecule has 2 saturated carbocycles. The molecule has 1 N–H and O–H groups in total. The molecule has 2 aliphatic carbocycles. The van der Waals surface area contributed by atoms with Gasteiger partial charge in [-0.15, -0.1) is 0 Å². The van der Waals surface area contributed by atoms with Gasteiger partial charge in [0.1, 0.15) is 12.4 Å². The first-order valence-corrected chi connectivity index (χ1v) is 12.6. The van der Waals surface area contributed by atoms with E-state index >= 15 is 0 Å². The van der Waals surface area contributed by atoms with Crippen molar-refractivity contribution in [3.05, 3.63) is 29.3 Å². The number of likely N-dealkylation sites (tertiary alicyclic amines) is 1. The lowest BCUT2D eigenvalue weighted by atomic mass is 9.55. The lowest BCUT2D eigenvalue weighted by Crippen LogP contribution is -2.59. The smallest absolute Gasteiger partial charge is 0.407 e. The predicted octanol–water partition coefficient (Wildman–Crippen LogP) is 4.76. The van der Waals surface area contributed by atoms with E-state index in [4.69, 9.17) is 9.47 Å². The number of rotatable bonds is 4. The van der Waals surface area contributed by atoms with Gasteiger partial charge >= 0.3 is 6.09 Å². The van der Waals surface area contributed by atoms with Gasteiger partial charge in [-0.05, 0) is 79.4 Å². The maximum atomic E-state index is 13.0. The summed E-state index contributed by atoms with van der Waals surface area (Å²) in [7, 11) is 0. The Hall–Kier alpha value is -2.24. The van der Waals surface area contributed by atoms with Crippen molar-refractivity contribution in [1.82, 2.24) is 10.2 Å². The zero-order valence-corrected chi connectivity index (χ0v) is 20.5. The molecule has 2 saturated heterocycles. The second kappa shape index (κ2) is 7.92. The number of ether oxygens (including phenoxy) is 2. The summed E-state index contributed by atoms with van der Waals surface area (Å²) in [5.74, 6) is 1.89. The molecule has 4 aliphatic rings. The quantitative estimate of drug-likeness (QED) is 0.712. The highest BCUT2D eigenvalue weighted by atomic mass is 16.6. The lowest BCUT2D eigenvalue weighted by molar-refractivity contribution is -0.144. The normalized spacial score (nSPS) is 25.9. The molecule has 1 aromatic rings. The van der Waals surface area contributed by atoms with Crippen molar-refractivity contribution >= 4 is 12.0 Å². The van der Waals surface area contributed by atoms with Gasteiger partial charge in [0.2, 0.25) is 5.91 Å². The second-order valence-corrected chi connectivity index (χ2v) is 12.0. The minimum absolute atomic E-state index is 0.0316.